The van der Waals surface area contributed by atoms with Crippen LogP contribution in [0.3, 0.4) is 0 Å². The molecule has 0 aliphatic carbocycles. The summed E-state index contributed by atoms with van der Waals surface area (Å²) in [5, 5.41) is 13.2. The summed E-state index contributed by atoms with van der Waals surface area (Å²) in [5.41, 5.74) is 1.12. The number of fused-ring (bicyclic) bond motifs is 1. The zero-order chi connectivity index (χ0) is 19.5. The number of thioether (sulfide) groups is 1. The molecule has 1 unspecified atom stereocenters. The third kappa shape index (κ3) is 4.00. The Morgan fingerprint density at radius 1 is 1.18 bits per heavy atom. The van der Waals surface area contributed by atoms with Gasteiger partial charge in [-0.2, -0.15) is 4.98 Å². The van der Waals surface area contributed by atoms with E-state index in [0.717, 1.165) is 66.5 Å². The van der Waals surface area contributed by atoms with Gasteiger partial charge in [0.05, 0.1) is 23.2 Å². The number of piperazine rings is 1. The predicted octanol–water partition coefficient (Wildman–Crippen LogP) is 1.67. The van der Waals surface area contributed by atoms with Crippen molar-refractivity contribution < 1.29 is 5.11 Å². The Morgan fingerprint density at radius 3 is 2.64 bits per heavy atom. The molecule has 1 atom stereocenters. The summed E-state index contributed by atoms with van der Waals surface area (Å²) >= 11 is 1.80. The van der Waals surface area contributed by atoms with Gasteiger partial charge < -0.3 is 20.2 Å². The highest BCUT2D eigenvalue weighted by atomic mass is 32.2. The minimum absolute atomic E-state index is 0.0114. The summed E-state index contributed by atoms with van der Waals surface area (Å²) in [6.45, 7) is 7.76. The molecule has 1 fully saturated rings. The van der Waals surface area contributed by atoms with Crippen molar-refractivity contribution in [1.29, 1.82) is 0 Å². The summed E-state index contributed by atoms with van der Waals surface area (Å²) in [5.74, 6) is 3.97. The van der Waals surface area contributed by atoms with Crippen LogP contribution in [0, 0.1) is 5.92 Å². The SMILES string of the molecule is CC(C)C(CO)Nc1nc(N2CCN(c3ccncn3)CC2)nc2c1SCC2. The van der Waals surface area contributed by atoms with Crippen LogP contribution in [0.4, 0.5) is 17.6 Å². The molecule has 28 heavy (non-hydrogen) atoms. The van der Waals surface area contributed by atoms with Gasteiger partial charge in [-0.15, -0.1) is 11.8 Å². The number of aliphatic hydroxyl groups excluding tert-OH is 1. The van der Waals surface area contributed by atoms with Crippen LogP contribution in [0.5, 0.6) is 0 Å². The van der Waals surface area contributed by atoms with Crippen LogP contribution in [-0.2, 0) is 6.42 Å². The molecular weight excluding hydrogens is 374 g/mol. The Kier molecular flexibility index (Phi) is 5.82. The third-order valence-electron chi connectivity index (χ3n) is 5.29. The van der Waals surface area contributed by atoms with Gasteiger partial charge in [0, 0.05) is 44.5 Å². The molecule has 2 aliphatic rings. The second-order valence-corrected chi connectivity index (χ2v) is 8.57. The number of hydrogen-bond donors (Lipinski definition) is 2. The van der Waals surface area contributed by atoms with Gasteiger partial charge in [0.15, 0.2) is 0 Å². The van der Waals surface area contributed by atoms with Crippen molar-refractivity contribution in [2.75, 3.05) is 53.7 Å². The quantitative estimate of drug-likeness (QED) is 0.750. The first kappa shape index (κ1) is 19.2. The van der Waals surface area contributed by atoms with Crippen LogP contribution < -0.4 is 15.1 Å². The Labute approximate surface area is 169 Å². The maximum Gasteiger partial charge on any atom is 0.227 e. The fraction of sp³-hybridized carbons (Fsp3) is 0.579. The van der Waals surface area contributed by atoms with E-state index in [9.17, 15) is 5.11 Å². The molecule has 0 saturated carbocycles. The van der Waals surface area contributed by atoms with Crippen molar-refractivity contribution >= 4 is 29.3 Å². The number of nitrogens with one attached hydrogen (secondary N) is 1. The zero-order valence-electron chi connectivity index (χ0n) is 16.4. The fourth-order valence-corrected chi connectivity index (χ4v) is 4.55. The van der Waals surface area contributed by atoms with Gasteiger partial charge >= 0.3 is 0 Å². The second-order valence-electron chi connectivity index (χ2n) is 7.47. The highest BCUT2D eigenvalue weighted by Crippen LogP contribution is 2.37. The number of aliphatic hydroxyl groups is 1. The molecule has 8 nitrogen and oxygen atoms in total. The van der Waals surface area contributed by atoms with Crippen LogP contribution >= 0.6 is 11.8 Å². The molecule has 4 heterocycles. The van der Waals surface area contributed by atoms with Crippen LogP contribution in [-0.4, -0.2) is 69.6 Å². The van der Waals surface area contributed by atoms with E-state index in [4.69, 9.17) is 9.97 Å². The molecule has 9 heteroatoms. The normalized spacial score (nSPS) is 17.7. The molecule has 1 saturated heterocycles. The number of rotatable bonds is 6. The van der Waals surface area contributed by atoms with Gasteiger partial charge in [-0.25, -0.2) is 15.0 Å². The molecule has 0 spiro atoms. The topological polar surface area (TPSA) is 90.3 Å². The number of nitrogens with zero attached hydrogens (tertiary/aromatic N) is 6. The second kappa shape index (κ2) is 8.48. The number of aromatic nitrogens is 4. The maximum absolute atomic E-state index is 9.72. The van der Waals surface area contributed by atoms with E-state index in [-0.39, 0.29) is 12.6 Å². The van der Waals surface area contributed by atoms with E-state index >= 15 is 0 Å². The van der Waals surface area contributed by atoms with Crippen LogP contribution in [0.25, 0.3) is 0 Å². The average Bonchev–Trinajstić information content (AvgIpc) is 3.21. The fourth-order valence-electron chi connectivity index (χ4n) is 3.50. The van der Waals surface area contributed by atoms with E-state index in [1.165, 1.54) is 0 Å². The molecule has 4 rings (SSSR count). The number of anilines is 3. The van der Waals surface area contributed by atoms with Crippen LogP contribution in [0.1, 0.15) is 19.5 Å². The minimum Gasteiger partial charge on any atom is -0.394 e. The lowest BCUT2D eigenvalue weighted by atomic mass is 10.1. The maximum atomic E-state index is 9.72. The molecule has 0 amide bonds. The Bertz CT molecular complexity index is 796. The van der Waals surface area contributed by atoms with Crippen molar-refractivity contribution in [2.45, 2.75) is 31.2 Å². The smallest absolute Gasteiger partial charge is 0.227 e. The Hall–Kier alpha value is -2.13. The summed E-state index contributed by atoms with van der Waals surface area (Å²) in [6, 6.07) is 1.93. The average molecular weight is 402 g/mol. The van der Waals surface area contributed by atoms with E-state index in [1.807, 2.05) is 6.07 Å². The highest BCUT2D eigenvalue weighted by Gasteiger charge is 2.26. The molecule has 0 bridgehead atoms. The lowest BCUT2D eigenvalue weighted by Gasteiger charge is -2.35. The standard InChI is InChI=1S/C19H27N7OS/c1-13(2)15(11-27)22-18-17-14(4-10-28-17)23-19(24-18)26-8-6-25(7-9-26)16-3-5-20-12-21-16/h3,5,12-13,15,27H,4,6-11H2,1-2H3,(H,22,23,24). The third-order valence-corrected chi connectivity index (χ3v) is 6.41. The lowest BCUT2D eigenvalue weighted by Crippen LogP contribution is -2.47. The molecule has 0 aromatic carbocycles. The van der Waals surface area contributed by atoms with Crippen LogP contribution in [0.15, 0.2) is 23.5 Å². The predicted molar refractivity (Wildman–Crippen MR) is 112 cm³/mol. The van der Waals surface area contributed by atoms with Crippen molar-refractivity contribution in [3.05, 3.63) is 24.3 Å². The van der Waals surface area contributed by atoms with Gasteiger partial charge in [-0.1, -0.05) is 13.8 Å². The number of hydrogen-bond acceptors (Lipinski definition) is 9. The summed E-state index contributed by atoms with van der Waals surface area (Å²) < 4.78 is 0. The zero-order valence-corrected chi connectivity index (χ0v) is 17.2. The van der Waals surface area contributed by atoms with E-state index in [2.05, 4.69) is 38.9 Å². The van der Waals surface area contributed by atoms with Gasteiger partial charge in [-0.3, -0.25) is 0 Å². The molecule has 2 aliphatic heterocycles. The largest absolute Gasteiger partial charge is 0.394 e. The van der Waals surface area contributed by atoms with E-state index in [1.54, 1.807) is 24.3 Å². The van der Waals surface area contributed by atoms with Crippen molar-refractivity contribution in [3.8, 4) is 0 Å². The van der Waals surface area contributed by atoms with Gasteiger partial charge in [0.1, 0.15) is 18.0 Å². The van der Waals surface area contributed by atoms with E-state index in [0.29, 0.717) is 5.92 Å². The first-order chi connectivity index (χ1) is 13.7. The van der Waals surface area contributed by atoms with Gasteiger partial charge in [-0.05, 0) is 12.0 Å². The summed E-state index contributed by atoms with van der Waals surface area (Å²) in [7, 11) is 0. The first-order valence-corrected chi connectivity index (χ1v) is 10.8. The van der Waals surface area contributed by atoms with Crippen molar-refractivity contribution in [2.24, 2.45) is 5.92 Å². The molecular formula is C19H27N7OS. The Morgan fingerprint density at radius 2 is 1.96 bits per heavy atom. The first-order valence-electron chi connectivity index (χ1n) is 9.82. The monoisotopic (exact) mass is 401 g/mol. The number of aryl methyl sites for hydroxylation is 1. The molecule has 2 aromatic heterocycles. The lowest BCUT2D eigenvalue weighted by molar-refractivity contribution is 0.249. The van der Waals surface area contributed by atoms with Gasteiger partial charge in [0.25, 0.3) is 0 Å². The van der Waals surface area contributed by atoms with Crippen molar-refractivity contribution in [3.63, 3.8) is 0 Å². The molecule has 2 aromatic rings. The molecule has 0 radical (unpaired) electrons. The van der Waals surface area contributed by atoms with Crippen molar-refractivity contribution in [1.82, 2.24) is 19.9 Å². The summed E-state index contributed by atoms with van der Waals surface area (Å²) in [4.78, 5) is 23.7. The highest BCUT2D eigenvalue weighted by molar-refractivity contribution is 7.99. The summed E-state index contributed by atoms with van der Waals surface area (Å²) in [6.07, 6.45) is 4.34. The molecule has 150 valence electrons. The molecule has 2 N–H and O–H groups in total. The minimum atomic E-state index is -0.0114. The van der Waals surface area contributed by atoms with Gasteiger partial charge in [0.2, 0.25) is 5.95 Å². The Balaban J connectivity index is 1.52. The van der Waals surface area contributed by atoms with E-state index < -0.39 is 0 Å². The van der Waals surface area contributed by atoms with Crippen LogP contribution in [0.2, 0.25) is 0 Å².